The third-order valence-corrected chi connectivity index (χ3v) is 3.18. The summed E-state index contributed by atoms with van der Waals surface area (Å²) >= 11 is 1.70. The Hall–Kier alpha value is -1.30. The van der Waals surface area contributed by atoms with Gasteiger partial charge in [0, 0.05) is 17.7 Å². The molecule has 0 bridgehead atoms. The fraction of sp³-hybridized carbons (Fsp3) is 0.583. The molecule has 1 rings (SSSR count). The van der Waals surface area contributed by atoms with Crippen molar-refractivity contribution in [1.29, 1.82) is 0 Å². The Balaban J connectivity index is 3.00. The lowest BCUT2D eigenvalue weighted by Crippen LogP contribution is -2.21. The average molecular weight is 269 g/mol. The normalized spacial score (nSPS) is 12.5. The van der Waals surface area contributed by atoms with Crippen LogP contribution < -0.4 is 5.32 Å². The molecule has 0 saturated carbocycles. The molecule has 0 aromatic carbocycles. The van der Waals surface area contributed by atoms with Gasteiger partial charge in [-0.25, -0.2) is 14.8 Å². The first-order valence-electron chi connectivity index (χ1n) is 5.81. The van der Waals surface area contributed by atoms with Gasteiger partial charge >= 0.3 is 5.97 Å². The highest BCUT2D eigenvalue weighted by molar-refractivity contribution is 7.98. The minimum Gasteiger partial charge on any atom is -0.476 e. The molecule has 18 heavy (non-hydrogen) atoms. The molecular weight excluding hydrogens is 250 g/mol. The number of nitrogens with zero attached hydrogens (tertiary/aromatic N) is 2. The van der Waals surface area contributed by atoms with Crippen molar-refractivity contribution in [2.45, 2.75) is 32.7 Å². The van der Waals surface area contributed by atoms with Gasteiger partial charge in [-0.1, -0.05) is 13.8 Å². The van der Waals surface area contributed by atoms with E-state index < -0.39 is 5.97 Å². The van der Waals surface area contributed by atoms with Crippen LogP contribution in [0.1, 0.15) is 43.0 Å². The summed E-state index contributed by atoms with van der Waals surface area (Å²) < 4.78 is 0. The maximum Gasteiger partial charge on any atom is 0.356 e. The fourth-order valence-electron chi connectivity index (χ4n) is 1.50. The van der Waals surface area contributed by atoms with Crippen LogP contribution in [0.25, 0.3) is 0 Å². The van der Waals surface area contributed by atoms with Crippen LogP contribution >= 0.6 is 11.8 Å². The number of hydrogen-bond donors (Lipinski definition) is 2. The molecule has 5 nitrogen and oxygen atoms in total. The highest BCUT2D eigenvalue weighted by Gasteiger charge is 2.16. The van der Waals surface area contributed by atoms with Crippen LogP contribution in [0.3, 0.4) is 0 Å². The average Bonchev–Trinajstić information content (AvgIpc) is 2.29. The lowest BCUT2D eigenvalue weighted by Gasteiger charge is -2.16. The zero-order chi connectivity index (χ0) is 13.7. The van der Waals surface area contributed by atoms with E-state index in [4.69, 9.17) is 0 Å². The van der Waals surface area contributed by atoms with Crippen molar-refractivity contribution in [2.75, 3.05) is 17.3 Å². The Morgan fingerprint density at radius 2 is 2.17 bits per heavy atom. The fourth-order valence-corrected chi connectivity index (χ4v) is 2.08. The molecule has 0 spiro atoms. The minimum absolute atomic E-state index is 0.0432. The van der Waals surface area contributed by atoms with Gasteiger partial charge < -0.3 is 10.4 Å². The minimum atomic E-state index is -1.03. The second-order valence-electron chi connectivity index (χ2n) is 4.45. The largest absolute Gasteiger partial charge is 0.476 e. The van der Waals surface area contributed by atoms with Gasteiger partial charge in [-0.05, 0) is 13.2 Å². The molecule has 2 N–H and O–H groups in total. The topological polar surface area (TPSA) is 75.1 Å². The van der Waals surface area contributed by atoms with E-state index in [-0.39, 0.29) is 17.7 Å². The zero-order valence-electron chi connectivity index (χ0n) is 11.1. The van der Waals surface area contributed by atoms with Crippen molar-refractivity contribution in [1.82, 2.24) is 9.97 Å². The van der Waals surface area contributed by atoms with E-state index in [9.17, 15) is 9.90 Å². The van der Waals surface area contributed by atoms with E-state index in [0.717, 1.165) is 5.75 Å². The van der Waals surface area contributed by atoms with Crippen LogP contribution in [-0.2, 0) is 0 Å². The summed E-state index contributed by atoms with van der Waals surface area (Å²) in [5.41, 5.74) is 0.523. The van der Waals surface area contributed by atoms with Crippen molar-refractivity contribution < 1.29 is 9.90 Å². The molecule has 1 aromatic rings. The Bertz CT molecular complexity index is 424. The first-order chi connectivity index (χ1) is 8.45. The SMILES string of the molecule is CSCC(C)Nc1cnc(C(C)C)nc1C(=O)O. The number of thioether (sulfide) groups is 1. The Kier molecular flexibility index (Phi) is 5.40. The quantitative estimate of drug-likeness (QED) is 0.826. The molecule has 0 aliphatic heterocycles. The maximum absolute atomic E-state index is 11.2. The number of aromatic carboxylic acids is 1. The predicted octanol–water partition coefficient (Wildman–Crippen LogP) is 2.46. The van der Waals surface area contributed by atoms with Gasteiger partial charge in [0.25, 0.3) is 0 Å². The van der Waals surface area contributed by atoms with Gasteiger partial charge in [-0.15, -0.1) is 0 Å². The predicted molar refractivity (Wildman–Crippen MR) is 74.5 cm³/mol. The maximum atomic E-state index is 11.2. The molecule has 0 aliphatic carbocycles. The third kappa shape index (κ3) is 3.87. The van der Waals surface area contributed by atoms with E-state index in [0.29, 0.717) is 11.5 Å². The molecule has 1 atom stereocenters. The van der Waals surface area contributed by atoms with Crippen LogP contribution in [0.15, 0.2) is 6.20 Å². The number of carbonyl (C=O) groups is 1. The molecule has 1 unspecified atom stereocenters. The lowest BCUT2D eigenvalue weighted by molar-refractivity contribution is 0.0691. The van der Waals surface area contributed by atoms with E-state index in [1.54, 1.807) is 18.0 Å². The number of aromatic nitrogens is 2. The van der Waals surface area contributed by atoms with E-state index in [1.165, 1.54) is 0 Å². The first kappa shape index (κ1) is 14.8. The summed E-state index contributed by atoms with van der Waals surface area (Å²) in [7, 11) is 0. The van der Waals surface area contributed by atoms with E-state index in [1.807, 2.05) is 27.0 Å². The number of rotatable bonds is 6. The summed E-state index contributed by atoms with van der Waals surface area (Å²) in [5.74, 6) is 0.528. The van der Waals surface area contributed by atoms with Gasteiger partial charge in [0.1, 0.15) is 5.82 Å². The van der Waals surface area contributed by atoms with Crippen LogP contribution in [0.5, 0.6) is 0 Å². The number of anilines is 1. The standard InChI is InChI=1S/C12H19N3O2S/c1-7(2)11-13-5-9(10(15-11)12(16)17)14-8(3)6-18-4/h5,7-8,14H,6H2,1-4H3,(H,16,17). The van der Waals surface area contributed by atoms with E-state index >= 15 is 0 Å². The van der Waals surface area contributed by atoms with Crippen molar-refractivity contribution in [3.05, 3.63) is 17.7 Å². The summed E-state index contributed by atoms with van der Waals surface area (Å²) in [4.78, 5) is 19.5. The van der Waals surface area contributed by atoms with E-state index in [2.05, 4.69) is 15.3 Å². The monoisotopic (exact) mass is 269 g/mol. The van der Waals surface area contributed by atoms with Crippen LogP contribution in [0.4, 0.5) is 5.69 Å². The second kappa shape index (κ2) is 6.58. The molecular formula is C12H19N3O2S. The van der Waals surface area contributed by atoms with Gasteiger partial charge in [0.05, 0.1) is 11.9 Å². The molecule has 1 heterocycles. The molecule has 6 heteroatoms. The molecule has 1 aromatic heterocycles. The van der Waals surface area contributed by atoms with Crippen molar-refractivity contribution in [2.24, 2.45) is 0 Å². The number of carboxylic acids is 1. The summed E-state index contributed by atoms with van der Waals surface area (Å²) in [6.45, 7) is 5.87. The molecule has 0 saturated heterocycles. The summed E-state index contributed by atoms with van der Waals surface area (Å²) in [6, 6.07) is 0.173. The number of hydrogen-bond acceptors (Lipinski definition) is 5. The van der Waals surface area contributed by atoms with Gasteiger partial charge in [-0.2, -0.15) is 11.8 Å². The molecule has 100 valence electrons. The third-order valence-electron chi connectivity index (χ3n) is 2.34. The molecule has 0 fully saturated rings. The number of carboxylic acid groups (broad SMARTS) is 1. The zero-order valence-corrected chi connectivity index (χ0v) is 11.9. The van der Waals surface area contributed by atoms with Crippen LogP contribution in [-0.4, -0.2) is 39.1 Å². The summed E-state index contributed by atoms with van der Waals surface area (Å²) in [6.07, 6.45) is 3.57. The van der Waals surface area contributed by atoms with Gasteiger partial charge in [0.2, 0.25) is 0 Å². The highest BCUT2D eigenvalue weighted by Crippen LogP contribution is 2.17. The van der Waals surface area contributed by atoms with Crippen molar-refractivity contribution in [3.63, 3.8) is 0 Å². The highest BCUT2D eigenvalue weighted by atomic mass is 32.2. The molecule has 0 aliphatic rings. The molecule has 0 amide bonds. The van der Waals surface area contributed by atoms with Gasteiger partial charge in [-0.3, -0.25) is 0 Å². The summed E-state index contributed by atoms with van der Waals surface area (Å²) in [5, 5.41) is 12.3. The second-order valence-corrected chi connectivity index (χ2v) is 5.36. The molecule has 0 radical (unpaired) electrons. The first-order valence-corrected chi connectivity index (χ1v) is 7.20. The smallest absolute Gasteiger partial charge is 0.356 e. The Morgan fingerprint density at radius 1 is 1.50 bits per heavy atom. The lowest BCUT2D eigenvalue weighted by atomic mass is 10.2. The van der Waals surface area contributed by atoms with Crippen molar-refractivity contribution >= 4 is 23.4 Å². The Morgan fingerprint density at radius 3 is 2.67 bits per heavy atom. The van der Waals surface area contributed by atoms with Crippen molar-refractivity contribution in [3.8, 4) is 0 Å². The Labute approximate surface area is 111 Å². The van der Waals surface area contributed by atoms with Crippen LogP contribution in [0.2, 0.25) is 0 Å². The van der Waals surface area contributed by atoms with Crippen LogP contribution in [0, 0.1) is 0 Å². The number of nitrogens with one attached hydrogen (secondary N) is 1. The van der Waals surface area contributed by atoms with Gasteiger partial charge in [0.15, 0.2) is 5.69 Å².